The van der Waals surface area contributed by atoms with Crippen LogP contribution in [0.5, 0.6) is 0 Å². The van der Waals surface area contributed by atoms with E-state index in [1.807, 2.05) is 37.4 Å². The average molecular weight is 476 g/mol. The molecule has 2 N–H and O–H groups in total. The molecule has 1 aliphatic heterocycles. The van der Waals surface area contributed by atoms with E-state index in [-0.39, 0.29) is 18.6 Å². The number of rotatable bonds is 5. The fourth-order valence-corrected chi connectivity index (χ4v) is 5.18. The largest absolute Gasteiger partial charge is 0.465 e. The number of likely N-dealkylation sites (tertiary alicyclic amines) is 1. The third kappa shape index (κ3) is 4.01. The molecule has 3 heterocycles. The molecule has 0 saturated carbocycles. The first-order chi connectivity index (χ1) is 16.9. The van der Waals surface area contributed by atoms with Gasteiger partial charge in [-0.2, -0.15) is 0 Å². The zero-order valence-corrected chi connectivity index (χ0v) is 20.1. The molecule has 1 fully saturated rings. The van der Waals surface area contributed by atoms with Crippen molar-refractivity contribution in [2.24, 2.45) is 7.05 Å². The molecule has 1 saturated heterocycles. The third-order valence-corrected chi connectivity index (χ3v) is 6.93. The van der Waals surface area contributed by atoms with E-state index < -0.39 is 12.1 Å². The number of aryl methyl sites for hydroxylation is 2. The van der Waals surface area contributed by atoms with Crippen LogP contribution < -0.4 is 5.32 Å². The number of nitrogens with zero attached hydrogens (tertiary/aromatic N) is 4. The Morgan fingerprint density at radius 3 is 2.71 bits per heavy atom. The van der Waals surface area contributed by atoms with Gasteiger partial charge in [0.1, 0.15) is 0 Å². The second-order valence-corrected chi connectivity index (χ2v) is 8.90. The van der Waals surface area contributed by atoms with Crippen molar-refractivity contribution in [1.82, 2.24) is 24.3 Å². The highest BCUT2D eigenvalue weighted by Gasteiger charge is 2.33. The highest BCUT2D eigenvalue weighted by Crippen LogP contribution is 2.30. The predicted molar refractivity (Wildman–Crippen MR) is 134 cm³/mol. The molecule has 0 spiro atoms. The molecule has 2 aromatic carbocycles. The molecule has 0 aliphatic carbocycles. The molecule has 2 aromatic heterocycles. The van der Waals surface area contributed by atoms with E-state index in [2.05, 4.69) is 39.6 Å². The summed E-state index contributed by atoms with van der Waals surface area (Å²) in [6.07, 6.45) is -0.829. The van der Waals surface area contributed by atoms with Crippen LogP contribution in [0.4, 0.5) is 4.79 Å². The highest BCUT2D eigenvalue weighted by molar-refractivity contribution is 5.98. The number of methoxy groups -OCH3 is 1. The smallest absolute Gasteiger partial charge is 0.405 e. The van der Waals surface area contributed by atoms with Gasteiger partial charge in [0, 0.05) is 50.3 Å². The van der Waals surface area contributed by atoms with Crippen LogP contribution in [0.15, 0.2) is 48.5 Å². The van der Waals surface area contributed by atoms with Gasteiger partial charge in [-0.3, -0.25) is 4.79 Å². The summed E-state index contributed by atoms with van der Waals surface area (Å²) < 4.78 is 9.72. The van der Waals surface area contributed by atoms with Crippen LogP contribution >= 0.6 is 0 Å². The molecule has 182 valence electrons. The molecule has 9 heteroatoms. The molecule has 2 atom stereocenters. The van der Waals surface area contributed by atoms with Crippen LogP contribution in [0.25, 0.3) is 33.5 Å². The maximum absolute atomic E-state index is 13.3. The number of piperidine rings is 1. The van der Waals surface area contributed by atoms with E-state index in [1.165, 1.54) is 0 Å². The van der Waals surface area contributed by atoms with Crippen LogP contribution in [-0.2, 0) is 18.3 Å². The van der Waals surface area contributed by atoms with E-state index >= 15 is 0 Å². The summed E-state index contributed by atoms with van der Waals surface area (Å²) in [5, 5.41) is 12.8. The highest BCUT2D eigenvalue weighted by atomic mass is 16.5. The summed E-state index contributed by atoms with van der Waals surface area (Å²) in [5.41, 5.74) is 4.41. The molecular weight excluding hydrogens is 446 g/mol. The average Bonchev–Trinajstić information content (AvgIpc) is 3.39. The predicted octanol–water partition coefficient (Wildman–Crippen LogP) is 3.71. The first-order valence-corrected chi connectivity index (χ1v) is 11.8. The Morgan fingerprint density at radius 2 is 1.97 bits per heavy atom. The molecule has 35 heavy (non-hydrogen) atoms. The van der Waals surface area contributed by atoms with Gasteiger partial charge in [-0.1, -0.05) is 18.2 Å². The summed E-state index contributed by atoms with van der Waals surface area (Å²) in [6.45, 7) is 3.69. The van der Waals surface area contributed by atoms with Crippen LogP contribution in [0, 0.1) is 0 Å². The van der Waals surface area contributed by atoms with Gasteiger partial charge in [0.05, 0.1) is 28.9 Å². The summed E-state index contributed by atoms with van der Waals surface area (Å²) in [6, 6.07) is 15.5. The zero-order chi connectivity index (χ0) is 24.7. The number of carbonyl (C=O) groups excluding carboxylic acids is 1. The number of carbonyl (C=O) groups is 2. The van der Waals surface area contributed by atoms with Gasteiger partial charge in [0.25, 0.3) is 5.91 Å². The molecule has 1 aliphatic rings. The number of fused-ring (bicyclic) bond motifs is 2. The zero-order valence-electron chi connectivity index (χ0n) is 20.1. The summed E-state index contributed by atoms with van der Waals surface area (Å²) in [7, 11) is 3.55. The lowest BCUT2D eigenvalue weighted by atomic mass is 10.0. The standard InChI is InChI=1S/C26H29N5O4/c1-4-31-20-8-6-5-7-16(20)14-22(31)24-27-18-13-17(9-10-21(18)29(24)2)25(32)30-12-11-23(35-3)19(15-30)28-26(33)34/h5-10,13-14,19,23,28H,4,11-12,15H2,1-3H3,(H,33,34)/t19-,23-/m0/s1. The second-order valence-electron chi connectivity index (χ2n) is 8.90. The molecule has 2 amide bonds. The van der Waals surface area contributed by atoms with Crippen molar-refractivity contribution in [3.8, 4) is 11.5 Å². The minimum absolute atomic E-state index is 0.145. The topological polar surface area (TPSA) is 102 Å². The van der Waals surface area contributed by atoms with Gasteiger partial charge >= 0.3 is 6.09 Å². The first-order valence-electron chi connectivity index (χ1n) is 11.8. The molecule has 0 radical (unpaired) electrons. The monoisotopic (exact) mass is 475 g/mol. The Bertz CT molecular complexity index is 1420. The number of benzene rings is 2. The first kappa shape index (κ1) is 22.9. The number of hydrogen-bond donors (Lipinski definition) is 2. The number of amides is 2. The van der Waals surface area contributed by atoms with Crippen LogP contribution in [0.3, 0.4) is 0 Å². The van der Waals surface area contributed by atoms with Crippen LogP contribution in [0.1, 0.15) is 23.7 Å². The molecule has 0 unspecified atom stereocenters. The summed E-state index contributed by atoms with van der Waals surface area (Å²) in [5.74, 6) is 0.697. The lowest BCUT2D eigenvalue weighted by Crippen LogP contribution is -2.56. The number of ether oxygens (including phenoxy) is 1. The molecule has 9 nitrogen and oxygen atoms in total. The number of nitrogens with one attached hydrogen (secondary N) is 1. The molecule has 4 aromatic rings. The normalized spacial score (nSPS) is 18.3. The minimum atomic E-state index is -1.13. The number of aromatic nitrogens is 3. The Labute approximate surface area is 202 Å². The number of hydrogen-bond acceptors (Lipinski definition) is 4. The maximum atomic E-state index is 13.3. The molecule has 0 bridgehead atoms. The minimum Gasteiger partial charge on any atom is -0.465 e. The molecule has 5 rings (SSSR count). The van der Waals surface area contributed by atoms with Crippen LogP contribution in [0.2, 0.25) is 0 Å². The van der Waals surface area contributed by atoms with E-state index in [0.29, 0.717) is 18.5 Å². The van der Waals surface area contributed by atoms with Gasteiger partial charge in [-0.25, -0.2) is 9.78 Å². The van der Waals surface area contributed by atoms with Gasteiger partial charge in [0.15, 0.2) is 5.82 Å². The molecular formula is C26H29N5O4. The third-order valence-electron chi connectivity index (χ3n) is 6.93. The van der Waals surface area contributed by atoms with E-state index in [0.717, 1.165) is 40.0 Å². The van der Waals surface area contributed by atoms with Gasteiger partial charge in [-0.05, 0) is 43.7 Å². The number of imidazole rings is 1. The van der Waals surface area contributed by atoms with Crippen molar-refractivity contribution in [3.05, 3.63) is 54.1 Å². The number of para-hydroxylation sites is 1. The Kier molecular flexibility index (Phi) is 5.94. The summed E-state index contributed by atoms with van der Waals surface area (Å²) >= 11 is 0. The van der Waals surface area contributed by atoms with Crippen molar-refractivity contribution < 1.29 is 19.4 Å². The van der Waals surface area contributed by atoms with Gasteiger partial charge in [-0.15, -0.1) is 0 Å². The van der Waals surface area contributed by atoms with E-state index in [4.69, 9.17) is 14.8 Å². The second kappa shape index (κ2) is 9.07. The van der Waals surface area contributed by atoms with Crippen molar-refractivity contribution >= 4 is 33.9 Å². The fourth-order valence-electron chi connectivity index (χ4n) is 5.18. The van der Waals surface area contributed by atoms with Crippen molar-refractivity contribution in [2.45, 2.75) is 32.0 Å². The Morgan fingerprint density at radius 1 is 1.17 bits per heavy atom. The van der Waals surface area contributed by atoms with Crippen molar-refractivity contribution in [2.75, 3.05) is 20.2 Å². The van der Waals surface area contributed by atoms with Gasteiger partial charge < -0.3 is 29.2 Å². The SMILES string of the molecule is CCn1c(-c2nc3cc(C(=O)N4CC[C@H](OC)[C@@H](NC(=O)O)C4)ccc3n2C)cc2ccccc21. The lowest BCUT2D eigenvalue weighted by molar-refractivity contribution is 0.0136. The fraction of sp³-hybridized carbons (Fsp3) is 0.346. The van der Waals surface area contributed by atoms with E-state index in [9.17, 15) is 9.59 Å². The van der Waals surface area contributed by atoms with Crippen molar-refractivity contribution in [3.63, 3.8) is 0 Å². The van der Waals surface area contributed by atoms with E-state index in [1.54, 1.807) is 12.0 Å². The van der Waals surface area contributed by atoms with Gasteiger partial charge in [0.2, 0.25) is 0 Å². The number of carboxylic acid groups (broad SMARTS) is 1. The van der Waals surface area contributed by atoms with Crippen LogP contribution in [-0.4, -0.2) is 68.5 Å². The summed E-state index contributed by atoms with van der Waals surface area (Å²) in [4.78, 5) is 31.1. The lowest BCUT2D eigenvalue weighted by Gasteiger charge is -2.37. The Hall–Kier alpha value is -3.85. The quantitative estimate of drug-likeness (QED) is 0.458. The Balaban J connectivity index is 1.47. The van der Waals surface area contributed by atoms with Crippen molar-refractivity contribution in [1.29, 1.82) is 0 Å². The maximum Gasteiger partial charge on any atom is 0.405 e.